The van der Waals surface area contributed by atoms with Gasteiger partial charge < -0.3 is 0 Å². The fourth-order valence-electron chi connectivity index (χ4n) is 3.39. The third-order valence-electron chi connectivity index (χ3n) is 4.88. The predicted molar refractivity (Wildman–Crippen MR) is 94.8 cm³/mol. The van der Waals surface area contributed by atoms with Crippen LogP contribution in [0, 0.1) is 0 Å². The molecule has 120 valence electrons. The van der Waals surface area contributed by atoms with Crippen LogP contribution in [0.1, 0.15) is 55.0 Å². The lowest BCUT2D eigenvalue weighted by Gasteiger charge is -2.27. The first-order valence-corrected chi connectivity index (χ1v) is 9.69. The smallest absolute Gasteiger partial charge is 0.236 e. The Morgan fingerprint density at radius 2 is 1.87 bits per heavy atom. The van der Waals surface area contributed by atoms with Crippen molar-refractivity contribution in [3.05, 3.63) is 39.3 Å². The van der Waals surface area contributed by atoms with Gasteiger partial charge in [-0.2, -0.15) is 0 Å². The molecule has 23 heavy (non-hydrogen) atoms. The number of aromatic nitrogens is 2. The number of nitrogens with zero attached hydrogens (tertiary/aromatic N) is 2. The molecule has 2 saturated carbocycles. The highest BCUT2D eigenvalue weighted by atomic mass is 79.9. The number of nitrogens with one attached hydrogen (secondary N) is 1. The van der Waals surface area contributed by atoms with Crippen molar-refractivity contribution < 1.29 is 4.79 Å². The van der Waals surface area contributed by atoms with Gasteiger partial charge in [-0.3, -0.25) is 10.1 Å². The van der Waals surface area contributed by atoms with Gasteiger partial charge in [0.1, 0.15) is 5.01 Å². The van der Waals surface area contributed by atoms with Crippen molar-refractivity contribution in [2.75, 3.05) is 5.32 Å². The second-order valence-corrected chi connectivity index (χ2v) is 8.39. The van der Waals surface area contributed by atoms with Gasteiger partial charge >= 0.3 is 0 Å². The third kappa shape index (κ3) is 2.94. The van der Waals surface area contributed by atoms with E-state index in [-0.39, 0.29) is 5.91 Å². The number of rotatable bonds is 4. The molecule has 1 N–H and O–H groups in total. The van der Waals surface area contributed by atoms with Crippen LogP contribution >= 0.6 is 27.3 Å². The molecule has 0 aliphatic heterocycles. The molecule has 1 aromatic carbocycles. The molecule has 0 bridgehead atoms. The molecule has 0 spiro atoms. The minimum absolute atomic E-state index is 0.0656. The van der Waals surface area contributed by atoms with Gasteiger partial charge in [-0.05, 0) is 43.4 Å². The van der Waals surface area contributed by atoms with E-state index in [1.807, 2.05) is 12.1 Å². The van der Waals surface area contributed by atoms with Crippen LogP contribution < -0.4 is 5.32 Å². The van der Waals surface area contributed by atoms with Gasteiger partial charge in [0.2, 0.25) is 11.0 Å². The van der Waals surface area contributed by atoms with E-state index in [0.29, 0.717) is 11.0 Å². The molecule has 6 heteroatoms. The maximum atomic E-state index is 13.0. The molecule has 2 aromatic rings. The van der Waals surface area contributed by atoms with Crippen molar-refractivity contribution in [3.8, 4) is 0 Å². The molecule has 2 aliphatic carbocycles. The number of hydrogen-bond acceptors (Lipinski definition) is 4. The van der Waals surface area contributed by atoms with Crippen molar-refractivity contribution in [2.24, 2.45) is 0 Å². The summed E-state index contributed by atoms with van der Waals surface area (Å²) in [5.41, 5.74) is 0.675. The van der Waals surface area contributed by atoms with E-state index < -0.39 is 5.41 Å². The molecule has 0 saturated heterocycles. The lowest BCUT2D eigenvalue weighted by Crippen LogP contribution is -2.37. The normalized spacial score (nSPS) is 19.7. The Labute approximate surface area is 147 Å². The number of carbonyl (C=O) groups excluding carboxylic acids is 1. The Kier molecular flexibility index (Phi) is 3.97. The number of amides is 1. The zero-order valence-corrected chi connectivity index (χ0v) is 15.1. The van der Waals surface area contributed by atoms with E-state index >= 15 is 0 Å². The van der Waals surface area contributed by atoms with Gasteiger partial charge in [0.25, 0.3) is 0 Å². The first-order valence-electron chi connectivity index (χ1n) is 8.08. The average Bonchev–Trinajstić information content (AvgIpc) is 3.09. The minimum atomic E-state index is -0.424. The zero-order chi connectivity index (χ0) is 15.9. The quantitative estimate of drug-likeness (QED) is 0.826. The van der Waals surface area contributed by atoms with Crippen LogP contribution in [-0.4, -0.2) is 16.1 Å². The van der Waals surface area contributed by atoms with E-state index in [9.17, 15) is 4.79 Å². The number of carbonyl (C=O) groups is 1. The Balaban J connectivity index is 1.58. The molecular weight excluding hydrogens is 374 g/mol. The number of anilines is 1. The van der Waals surface area contributed by atoms with E-state index in [2.05, 4.69) is 43.6 Å². The Bertz CT molecular complexity index is 718. The van der Waals surface area contributed by atoms with Gasteiger partial charge in [-0.1, -0.05) is 52.2 Å². The lowest BCUT2D eigenvalue weighted by molar-refractivity contribution is -0.121. The molecule has 0 atom stereocenters. The van der Waals surface area contributed by atoms with Gasteiger partial charge in [0.15, 0.2) is 0 Å². The van der Waals surface area contributed by atoms with Gasteiger partial charge in [-0.25, -0.2) is 0 Å². The third-order valence-corrected chi connectivity index (χ3v) is 6.41. The maximum absolute atomic E-state index is 13.0. The topological polar surface area (TPSA) is 54.9 Å². The van der Waals surface area contributed by atoms with Crippen molar-refractivity contribution >= 4 is 38.3 Å². The average molecular weight is 392 g/mol. The summed E-state index contributed by atoms with van der Waals surface area (Å²) < 4.78 is 1.04. The summed E-state index contributed by atoms with van der Waals surface area (Å²) in [6.45, 7) is 0. The molecule has 0 radical (unpaired) electrons. The molecule has 1 heterocycles. The second-order valence-electron chi connectivity index (χ2n) is 6.47. The molecule has 4 rings (SSSR count). The molecule has 4 nitrogen and oxygen atoms in total. The summed E-state index contributed by atoms with van der Waals surface area (Å²) >= 11 is 4.99. The Morgan fingerprint density at radius 3 is 2.52 bits per heavy atom. The zero-order valence-electron chi connectivity index (χ0n) is 12.7. The highest BCUT2D eigenvalue weighted by Gasteiger charge is 2.43. The van der Waals surface area contributed by atoms with Crippen LogP contribution in [0.15, 0.2) is 28.7 Å². The van der Waals surface area contributed by atoms with Crippen LogP contribution in [0.3, 0.4) is 0 Å². The fraction of sp³-hybridized carbons (Fsp3) is 0.471. The SMILES string of the molecule is O=C(Nc1nnc(C2CC2)s1)C1(c2ccc(Br)cc2)CCCC1. The van der Waals surface area contributed by atoms with Crippen LogP contribution in [-0.2, 0) is 10.2 Å². The van der Waals surface area contributed by atoms with Crippen LogP contribution in [0.25, 0.3) is 0 Å². The molecule has 1 amide bonds. The highest BCUT2D eigenvalue weighted by Crippen LogP contribution is 2.44. The van der Waals surface area contributed by atoms with Crippen molar-refractivity contribution in [3.63, 3.8) is 0 Å². The van der Waals surface area contributed by atoms with E-state index in [1.54, 1.807) is 0 Å². The Hall–Kier alpha value is -1.27. The van der Waals surface area contributed by atoms with E-state index in [0.717, 1.165) is 40.7 Å². The summed E-state index contributed by atoms with van der Waals surface area (Å²) in [5.74, 6) is 0.640. The standard InChI is InChI=1S/C17H18BrN3OS/c18-13-7-5-12(6-8-13)17(9-1-2-10-17)15(22)19-16-21-20-14(23-16)11-3-4-11/h5-8,11H,1-4,9-10H2,(H,19,21,22). The van der Waals surface area contributed by atoms with E-state index in [4.69, 9.17) is 0 Å². The van der Waals surface area contributed by atoms with Gasteiger partial charge in [-0.15, -0.1) is 10.2 Å². The summed E-state index contributed by atoms with van der Waals surface area (Å²) in [4.78, 5) is 13.0. The molecule has 2 fully saturated rings. The summed E-state index contributed by atoms with van der Waals surface area (Å²) in [7, 11) is 0. The van der Waals surface area contributed by atoms with Crippen LogP contribution in [0.5, 0.6) is 0 Å². The van der Waals surface area contributed by atoms with Crippen molar-refractivity contribution in [2.45, 2.75) is 49.9 Å². The number of hydrogen-bond donors (Lipinski definition) is 1. The van der Waals surface area contributed by atoms with Crippen molar-refractivity contribution in [1.29, 1.82) is 0 Å². The fourth-order valence-corrected chi connectivity index (χ4v) is 4.56. The van der Waals surface area contributed by atoms with E-state index in [1.165, 1.54) is 24.2 Å². The molecular formula is C17H18BrN3OS. The first kappa shape index (κ1) is 15.3. The lowest BCUT2D eigenvalue weighted by atomic mass is 9.78. The van der Waals surface area contributed by atoms with Gasteiger partial charge in [0, 0.05) is 10.4 Å². The largest absolute Gasteiger partial charge is 0.300 e. The number of halogens is 1. The minimum Gasteiger partial charge on any atom is -0.300 e. The monoisotopic (exact) mass is 391 g/mol. The second kappa shape index (κ2) is 5.98. The summed E-state index contributed by atoms with van der Waals surface area (Å²) in [6, 6.07) is 8.15. The maximum Gasteiger partial charge on any atom is 0.236 e. The summed E-state index contributed by atoms with van der Waals surface area (Å²) in [5, 5.41) is 13.1. The highest BCUT2D eigenvalue weighted by molar-refractivity contribution is 9.10. The van der Waals surface area contributed by atoms with Crippen molar-refractivity contribution in [1.82, 2.24) is 10.2 Å². The van der Waals surface area contributed by atoms with Crippen LogP contribution in [0.2, 0.25) is 0 Å². The molecule has 2 aliphatic rings. The summed E-state index contributed by atoms with van der Waals surface area (Å²) in [6.07, 6.45) is 6.38. The Morgan fingerprint density at radius 1 is 1.17 bits per heavy atom. The van der Waals surface area contributed by atoms with Gasteiger partial charge in [0.05, 0.1) is 5.41 Å². The first-order chi connectivity index (χ1) is 11.2. The molecule has 1 aromatic heterocycles. The molecule has 0 unspecified atom stereocenters. The number of benzene rings is 1. The predicted octanol–water partition coefficient (Wildman–Crippen LogP) is 4.63. The van der Waals surface area contributed by atoms with Crippen LogP contribution in [0.4, 0.5) is 5.13 Å².